The fraction of sp³-hybridized carbons (Fsp3) is 0.308. The van der Waals surface area contributed by atoms with Gasteiger partial charge < -0.3 is 9.72 Å². The quantitative estimate of drug-likeness (QED) is 0.508. The summed E-state index contributed by atoms with van der Waals surface area (Å²) in [4.78, 5) is 17.0. The Morgan fingerprint density at radius 2 is 2.42 bits per heavy atom. The number of nitrogens with one attached hydrogen (secondary N) is 1. The Morgan fingerprint density at radius 1 is 1.58 bits per heavy atom. The molecule has 6 nitrogen and oxygen atoms in total. The normalized spacial score (nSPS) is 16.8. The summed E-state index contributed by atoms with van der Waals surface area (Å²) < 4.78 is 5.80. The van der Waals surface area contributed by atoms with Crippen molar-refractivity contribution in [3.05, 3.63) is 50.1 Å². The maximum atomic E-state index is 11.4. The van der Waals surface area contributed by atoms with Gasteiger partial charge >= 0.3 is 0 Å². The van der Waals surface area contributed by atoms with Crippen molar-refractivity contribution in [1.29, 1.82) is 0 Å². The van der Waals surface area contributed by atoms with Crippen LogP contribution in [0.15, 0.2) is 28.1 Å². The lowest BCUT2D eigenvalue weighted by atomic mass is 10.0. The van der Waals surface area contributed by atoms with Crippen molar-refractivity contribution < 1.29 is 4.74 Å². The highest BCUT2D eigenvalue weighted by Gasteiger charge is 2.25. The van der Waals surface area contributed by atoms with Gasteiger partial charge in [-0.05, 0) is 35.5 Å². The average molecular weight is 256 g/mol. The molecule has 1 aliphatic rings. The lowest BCUT2D eigenvalue weighted by Crippen LogP contribution is -2.16. The van der Waals surface area contributed by atoms with E-state index in [1.807, 2.05) is 19.1 Å². The molecular formula is C13H12N4O2. The van der Waals surface area contributed by atoms with Gasteiger partial charge in [-0.25, -0.2) is 0 Å². The van der Waals surface area contributed by atoms with Crippen LogP contribution >= 0.6 is 0 Å². The number of pyridine rings is 1. The van der Waals surface area contributed by atoms with Crippen LogP contribution in [-0.4, -0.2) is 17.6 Å². The number of aromatic amines is 1. The molecule has 0 saturated heterocycles. The summed E-state index contributed by atoms with van der Waals surface area (Å²) >= 11 is 0. The molecule has 0 saturated carbocycles. The van der Waals surface area contributed by atoms with E-state index in [9.17, 15) is 4.79 Å². The van der Waals surface area contributed by atoms with Gasteiger partial charge in [-0.1, -0.05) is 5.11 Å². The zero-order chi connectivity index (χ0) is 13.4. The van der Waals surface area contributed by atoms with Gasteiger partial charge in [0.05, 0.1) is 12.1 Å². The van der Waals surface area contributed by atoms with Crippen LogP contribution in [0.2, 0.25) is 0 Å². The minimum atomic E-state index is -0.126. The molecule has 96 valence electrons. The van der Waals surface area contributed by atoms with Gasteiger partial charge in [-0.3, -0.25) is 4.79 Å². The predicted molar refractivity (Wildman–Crippen MR) is 71.4 cm³/mol. The van der Waals surface area contributed by atoms with Crippen LogP contribution < -0.4 is 10.3 Å². The van der Waals surface area contributed by atoms with Crippen LogP contribution in [-0.2, 0) is 6.42 Å². The third-order valence-corrected chi connectivity index (χ3v) is 3.37. The van der Waals surface area contributed by atoms with E-state index in [2.05, 4.69) is 15.0 Å². The third-order valence-electron chi connectivity index (χ3n) is 3.37. The first-order chi connectivity index (χ1) is 9.19. The lowest BCUT2D eigenvalue weighted by Gasteiger charge is -2.09. The molecule has 1 aliphatic heterocycles. The van der Waals surface area contributed by atoms with E-state index in [-0.39, 0.29) is 11.7 Å². The SMILES string of the molecule is Cc1c2c(cc3ccc(=O)[nH]c13)CC(CN=[N+]=[N-])O2. The van der Waals surface area contributed by atoms with Gasteiger partial charge in [0.1, 0.15) is 11.9 Å². The van der Waals surface area contributed by atoms with E-state index in [0.29, 0.717) is 6.54 Å². The number of aryl methyl sites for hydroxylation is 1. The van der Waals surface area contributed by atoms with Crippen molar-refractivity contribution >= 4 is 10.9 Å². The number of fused-ring (bicyclic) bond motifs is 2. The maximum absolute atomic E-state index is 11.4. The zero-order valence-electron chi connectivity index (χ0n) is 10.4. The number of ether oxygens (including phenoxy) is 1. The molecule has 1 atom stereocenters. The second-order valence-electron chi connectivity index (χ2n) is 4.63. The van der Waals surface area contributed by atoms with Crippen LogP contribution in [0.3, 0.4) is 0 Å². The van der Waals surface area contributed by atoms with Gasteiger partial charge in [0.25, 0.3) is 0 Å². The van der Waals surface area contributed by atoms with Crippen molar-refractivity contribution in [2.45, 2.75) is 19.4 Å². The van der Waals surface area contributed by atoms with Crippen LogP contribution in [0.5, 0.6) is 5.75 Å². The summed E-state index contributed by atoms with van der Waals surface area (Å²) in [7, 11) is 0. The second-order valence-corrected chi connectivity index (χ2v) is 4.63. The standard InChI is InChI=1S/C13H12N4O2/c1-7-12-8(2-3-11(18)16-12)4-9-5-10(6-15-17-14)19-13(7)9/h2-4,10H,5-6H2,1H3,(H,16,18). The molecule has 0 bridgehead atoms. The molecular weight excluding hydrogens is 244 g/mol. The van der Waals surface area contributed by atoms with Crippen molar-refractivity contribution in [1.82, 2.24) is 4.98 Å². The fourth-order valence-corrected chi connectivity index (χ4v) is 2.52. The van der Waals surface area contributed by atoms with E-state index in [4.69, 9.17) is 10.3 Å². The predicted octanol–water partition coefficient (Wildman–Crippen LogP) is 2.45. The molecule has 19 heavy (non-hydrogen) atoms. The Kier molecular flexibility index (Phi) is 2.65. The van der Waals surface area contributed by atoms with Crippen LogP contribution in [0.4, 0.5) is 0 Å². The number of hydrogen-bond donors (Lipinski definition) is 1. The molecule has 6 heteroatoms. The van der Waals surface area contributed by atoms with Crippen LogP contribution in [0.25, 0.3) is 21.3 Å². The molecule has 0 radical (unpaired) electrons. The molecule has 0 amide bonds. The maximum Gasteiger partial charge on any atom is 0.248 e. The highest BCUT2D eigenvalue weighted by atomic mass is 16.5. The highest BCUT2D eigenvalue weighted by molar-refractivity contribution is 5.85. The first-order valence-corrected chi connectivity index (χ1v) is 6.02. The molecule has 1 N–H and O–H groups in total. The van der Waals surface area contributed by atoms with Crippen molar-refractivity contribution in [2.75, 3.05) is 6.54 Å². The molecule has 0 aliphatic carbocycles. The fourth-order valence-electron chi connectivity index (χ4n) is 2.52. The third kappa shape index (κ3) is 1.92. The second kappa shape index (κ2) is 4.33. The summed E-state index contributed by atoms with van der Waals surface area (Å²) in [5.74, 6) is 0.799. The number of azide groups is 1. The lowest BCUT2D eigenvalue weighted by molar-refractivity contribution is 0.240. The van der Waals surface area contributed by atoms with E-state index < -0.39 is 0 Å². The Balaban J connectivity index is 2.10. The van der Waals surface area contributed by atoms with E-state index >= 15 is 0 Å². The summed E-state index contributed by atoms with van der Waals surface area (Å²) in [6, 6.07) is 5.34. The molecule has 1 aromatic carbocycles. The average Bonchev–Trinajstić information content (AvgIpc) is 2.81. The number of hydrogen-bond acceptors (Lipinski definition) is 3. The van der Waals surface area contributed by atoms with Gasteiger partial charge in [0, 0.05) is 23.0 Å². The molecule has 3 rings (SSSR count). The number of nitrogens with zero attached hydrogens (tertiary/aromatic N) is 3. The Labute approximate surface area is 108 Å². The number of aromatic nitrogens is 1. The van der Waals surface area contributed by atoms with Gasteiger partial charge in [-0.15, -0.1) is 0 Å². The summed E-state index contributed by atoms with van der Waals surface area (Å²) in [6.07, 6.45) is 0.609. The number of rotatable bonds is 2. The van der Waals surface area contributed by atoms with E-state index in [0.717, 1.165) is 34.2 Å². The molecule has 1 aromatic heterocycles. The Morgan fingerprint density at radius 3 is 3.21 bits per heavy atom. The van der Waals surface area contributed by atoms with Crippen molar-refractivity contribution in [3.8, 4) is 5.75 Å². The van der Waals surface area contributed by atoms with Crippen LogP contribution in [0.1, 0.15) is 11.1 Å². The Hall–Kier alpha value is -2.46. The van der Waals surface area contributed by atoms with E-state index in [1.54, 1.807) is 0 Å². The monoisotopic (exact) mass is 256 g/mol. The minimum Gasteiger partial charge on any atom is -0.489 e. The van der Waals surface area contributed by atoms with Crippen LogP contribution in [0, 0.1) is 6.92 Å². The molecule has 2 aromatic rings. The van der Waals surface area contributed by atoms with Gasteiger partial charge in [-0.2, -0.15) is 0 Å². The molecule has 1 unspecified atom stereocenters. The largest absolute Gasteiger partial charge is 0.489 e. The summed E-state index contributed by atoms with van der Waals surface area (Å²) in [5, 5.41) is 4.54. The number of benzene rings is 1. The Bertz CT molecular complexity index is 759. The minimum absolute atomic E-state index is 0.117. The molecule has 0 spiro atoms. The zero-order valence-corrected chi connectivity index (χ0v) is 10.4. The van der Waals surface area contributed by atoms with Crippen molar-refractivity contribution in [2.24, 2.45) is 5.11 Å². The number of H-pyrrole nitrogens is 1. The van der Waals surface area contributed by atoms with Gasteiger partial charge in [0.15, 0.2) is 0 Å². The summed E-state index contributed by atoms with van der Waals surface area (Å²) in [5.41, 5.74) is 11.0. The molecule has 2 heterocycles. The first-order valence-electron chi connectivity index (χ1n) is 6.02. The van der Waals surface area contributed by atoms with E-state index in [1.165, 1.54) is 6.07 Å². The molecule has 0 fully saturated rings. The summed E-state index contributed by atoms with van der Waals surface area (Å²) in [6.45, 7) is 2.24. The first kappa shape index (κ1) is 11.6. The van der Waals surface area contributed by atoms with Gasteiger partial charge in [0.2, 0.25) is 5.56 Å². The highest BCUT2D eigenvalue weighted by Crippen LogP contribution is 2.36. The van der Waals surface area contributed by atoms with Crippen molar-refractivity contribution in [3.63, 3.8) is 0 Å². The smallest absolute Gasteiger partial charge is 0.248 e. The topological polar surface area (TPSA) is 90.9 Å².